The highest BCUT2D eigenvalue weighted by Gasteiger charge is 2.36. The quantitative estimate of drug-likeness (QED) is 0.347. The summed E-state index contributed by atoms with van der Waals surface area (Å²) in [5, 5.41) is 2.22. The Kier molecular flexibility index (Phi) is 6.88. The van der Waals surface area contributed by atoms with E-state index in [1.54, 1.807) is 42.5 Å². The fourth-order valence-corrected chi connectivity index (χ4v) is 3.96. The Labute approximate surface area is 204 Å². The van der Waals surface area contributed by atoms with Crippen molar-refractivity contribution in [3.8, 4) is 5.75 Å². The van der Waals surface area contributed by atoms with Crippen LogP contribution in [0.1, 0.15) is 23.6 Å². The molecule has 4 amide bonds. The highest BCUT2D eigenvalue weighted by atomic mass is 79.9. The lowest BCUT2D eigenvalue weighted by Crippen LogP contribution is -2.54. The summed E-state index contributed by atoms with van der Waals surface area (Å²) in [4.78, 5) is 38.8. The molecule has 0 aliphatic carbocycles. The van der Waals surface area contributed by atoms with Gasteiger partial charge < -0.3 is 4.74 Å². The molecule has 0 radical (unpaired) electrons. The summed E-state index contributed by atoms with van der Waals surface area (Å²) in [5.41, 5.74) is 2.50. The van der Waals surface area contributed by atoms with Crippen LogP contribution in [0.4, 0.5) is 14.9 Å². The first-order valence-electron chi connectivity index (χ1n) is 10.5. The SMILES string of the molecule is CCc1ccc(N2C(=O)NC(=O)/C(=C/c3ccc(OCc4cccc(F)c4)c(Br)c3)C2=O)cc1. The van der Waals surface area contributed by atoms with Crippen molar-refractivity contribution < 1.29 is 23.5 Å². The molecule has 6 nitrogen and oxygen atoms in total. The number of imide groups is 2. The smallest absolute Gasteiger partial charge is 0.335 e. The van der Waals surface area contributed by atoms with Crippen LogP contribution >= 0.6 is 15.9 Å². The van der Waals surface area contributed by atoms with E-state index in [1.807, 2.05) is 19.1 Å². The Balaban J connectivity index is 1.55. The predicted molar refractivity (Wildman–Crippen MR) is 130 cm³/mol. The lowest BCUT2D eigenvalue weighted by atomic mass is 10.1. The Bertz CT molecular complexity index is 1300. The van der Waals surface area contributed by atoms with E-state index in [-0.39, 0.29) is 18.0 Å². The maximum atomic E-state index is 13.3. The van der Waals surface area contributed by atoms with E-state index in [4.69, 9.17) is 4.74 Å². The highest BCUT2D eigenvalue weighted by molar-refractivity contribution is 9.10. The molecule has 0 saturated carbocycles. The molecule has 1 fully saturated rings. The number of hydrogen-bond acceptors (Lipinski definition) is 4. The molecule has 0 spiro atoms. The Morgan fingerprint density at radius 3 is 2.44 bits per heavy atom. The molecule has 1 saturated heterocycles. The summed E-state index contributed by atoms with van der Waals surface area (Å²) < 4.78 is 19.7. The van der Waals surface area contributed by atoms with Crippen LogP contribution < -0.4 is 15.0 Å². The standard InChI is InChI=1S/C26H20BrFN2O4/c1-2-16-6-9-20(10-7-16)30-25(32)21(24(31)29-26(30)33)13-17-8-11-23(22(27)14-17)34-15-18-4-3-5-19(28)12-18/h3-14H,2,15H2,1H3,(H,29,31,33)/b21-13-. The fraction of sp³-hybridized carbons (Fsp3) is 0.115. The maximum Gasteiger partial charge on any atom is 0.335 e. The van der Waals surface area contributed by atoms with Crippen LogP contribution in [-0.2, 0) is 22.6 Å². The second-order valence-corrected chi connectivity index (χ2v) is 8.44. The summed E-state index contributed by atoms with van der Waals surface area (Å²) in [7, 11) is 0. The molecule has 4 rings (SSSR count). The fourth-order valence-electron chi connectivity index (χ4n) is 3.45. The summed E-state index contributed by atoms with van der Waals surface area (Å²) in [5.74, 6) is -1.30. The molecular weight excluding hydrogens is 503 g/mol. The van der Waals surface area contributed by atoms with Gasteiger partial charge in [0.05, 0.1) is 10.2 Å². The van der Waals surface area contributed by atoms with E-state index < -0.39 is 17.8 Å². The van der Waals surface area contributed by atoms with E-state index in [9.17, 15) is 18.8 Å². The van der Waals surface area contributed by atoms with E-state index >= 15 is 0 Å². The van der Waals surface area contributed by atoms with Crippen molar-refractivity contribution in [2.45, 2.75) is 20.0 Å². The number of barbiturate groups is 1. The number of benzene rings is 3. The number of carbonyl (C=O) groups is 3. The average molecular weight is 523 g/mol. The van der Waals surface area contributed by atoms with Gasteiger partial charge in [0.2, 0.25) is 0 Å². The minimum Gasteiger partial charge on any atom is -0.488 e. The first kappa shape index (κ1) is 23.4. The van der Waals surface area contributed by atoms with E-state index in [1.165, 1.54) is 18.2 Å². The van der Waals surface area contributed by atoms with Gasteiger partial charge in [-0.05, 0) is 81.5 Å². The van der Waals surface area contributed by atoms with Crippen LogP contribution in [0.3, 0.4) is 0 Å². The van der Waals surface area contributed by atoms with Crippen LogP contribution in [0.25, 0.3) is 6.08 Å². The highest BCUT2D eigenvalue weighted by Crippen LogP contribution is 2.29. The summed E-state index contributed by atoms with van der Waals surface area (Å²) >= 11 is 3.42. The lowest BCUT2D eigenvalue weighted by Gasteiger charge is -2.26. The molecule has 172 valence electrons. The third-order valence-corrected chi connectivity index (χ3v) is 5.87. The number of urea groups is 1. The van der Waals surface area contributed by atoms with Gasteiger partial charge in [0, 0.05) is 0 Å². The van der Waals surface area contributed by atoms with Crippen molar-refractivity contribution in [2.24, 2.45) is 0 Å². The Morgan fingerprint density at radius 1 is 1.00 bits per heavy atom. The second kappa shape index (κ2) is 10.0. The summed E-state index contributed by atoms with van der Waals surface area (Å²) in [6.07, 6.45) is 2.24. The molecule has 3 aromatic rings. The number of nitrogens with zero attached hydrogens (tertiary/aromatic N) is 1. The van der Waals surface area contributed by atoms with Crippen LogP contribution in [0.15, 0.2) is 76.8 Å². The largest absolute Gasteiger partial charge is 0.488 e. The normalized spacial score (nSPS) is 15.0. The summed E-state index contributed by atoms with van der Waals surface area (Å²) in [6, 6.07) is 17.4. The second-order valence-electron chi connectivity index (χ2n) is 7.59. The molecule has 8 heteroatoms. The monoisotopic (exact) mass is 522 g/mol. The molecular formula is C26H20BrFN2O4. The molecule has 0 bridgehead atoms. The van der Waals surface area contributed by atoms with Crippen LogP contribution in [0.5, 0.6) is 5.75 Å². The van der Waals surface area contributed by atoms with Crippen molar-refractivity contribution >= 4 is 45.5 Å². The zero-order chi connectivity index (χ0) is 24.2. The lowest BCUT2D eigenvalue weighted by molar-refractivity contribution is -0.122. The number of ether oxygens (including phenoxy) is 1. The molecule has 0 aromatic heterocycles. The molecule has 1 aliphatic rings. The van der Waals surface area contributed by atoms with Gasteiger partial charge in [0.1, 0.15) is 23.7 Å². The van der Waals surface area contributed by atoms with Crippen LogP contribution in [-0.4, -0.2) is 17.8 Å². The van der Waals surface area contributed by atoms with Gasteiger partial charge in [-0.2, -0.15) is 0 Å². The first-order valence-corrected chi connectivity index (χ1v) is 11.3. The van der Waals surface area contributed by atoms with Gasteiger partial charge in [-0.3, -0.25) is 14.9 Å². The minimum atomic E-state index is -0.793. The molecule has 1 heterocycles. The molecule has 0 unspecified atom stereocenters. The average Bonchev–Trinajstić information content (AvgIpc) is 2.81. The number of halogens is 2. The van der Waals surface area contributed by atoms with Crippen molar-refractivity contribution in [3.63, 3.8) is 0 Å². The topological polar surface area (TPSA) is 75.7 Å². The van der Waals surface area contributed by atoms with E-state index in [2.05, 4.69) is 21.2 Å². The number of anilines is 1. The van der Waals surface area contributed by atoms with Crippen molar-refractivity contribution in [1.82, 2.24) is 5.32 Å². The number of nitrogens with one attached hydrogen (secondary N) is 1. The number of rotatable bonds is 6. The van der Waals surface area contributed by atoms with Crippen molar-refractivity contribution in [2.75, 3.05) is 4.90 Å². The molecule has 1 N–H and O–H groups in total. The molecule has 0 atom stereocenters. The Hall–Kier alpha value is -3.78. The van der Waals surface area contributed by atoms with Gasteiger partial charge in [0.25, 0.3) is 11.8 Å². The molecule has 1 aliphatic heterocycles. The molecule has 3 aromatic carbocycles. The van der Waals surface area contributed by atoms with Gasteiger partial charge in [-0.15, -0.1) is 0 Å². The van der Waals surface area contributed by atoms with Gasteiger partial charge in [0.15, 0.2) is 0 Å². The van der Waals surface area contributed by atoms with Crippen molar-refractivity contribution in [1.29, 1.82) is 0 Å². The van der Waals surface area contributed by atoms with Gasteiger partial charge in [-0.25, -0.2) is 14.1 Å². The number of aryl methyl sites for hydroxylation is 1. The third-order valence-electron chi connectivity index (χ3n) is 5.25. The molecule has 34 heavy (non-hydrogen) atoms. The van der Waals surface area contributed by atoms with E-state index in [0.717, 1.165) is 16.9 Å². The summed E-state index contributed by atoms with van der Waals surface area (Å²) in [6.45, 7) is 2.18. The van der Waals surface area contributed by atoms with Gasteiger partial charge in [-0.1, -0.05) is 37.3 Å². The maximum absolute atomic E-state index is 13.3. The van der Waals surface area contributed by atoms with Crippen molar-refractivity contribution in [3.05, 3.63) is 99.3 Å². The number of carbonyl (C=O) groups excluding carboxylic acids is 3. The number of hydrogen-bond donors (Lipinski definition) is 1. The minimum absolute atomic E-state index is 0.167. The Morgan fingerprint density at radius 2 is 1.76 bits per heavy atom. The zero-order valence-electron chi connectivity index (χ0n) is 18.2. The third kappa shape index (κ3) is 5.07. The predicted octanol–water partition coefficient (Wildman–Crippen LogP) is 5.40. The number of amides is 4. The zero-order valence-corrected chi connectivity index (χ0v) is 19.8. The van der Waals surface area contributed by atoms with Crippen LogP contribution in [0.2, 0.25) is 0 Å². The van der Waals surface area contributed by atoms with E-state index in [0.29, 0.717) is 27.0 Å². The van der Waals surface area contributed by atoms with Gasteiger partial charge >= 0.3 is 6.03 Å². The first-order chi connectivity index (χ1) is 16.4. The van der Waals surface area contributed by atoms with Crippen LogP contribution in [0, 0.1) is 5.82 Å².